The summed E-state index contributed by atoms with van der Waals surface area (Å²) < 4.78 is 0. The van der Waals surface area contributed by atoms with Gasteiger partial charge in [0.25, 0.3) is 0 Å². The summed E-state index contributed by atoms with van der Waals surface area (Å²) in [5, 5.41) is 9.73. The highest BCUT2D eigenvalue weighted by atomic mass is 35.5. The quantitative estimate of drug-likeness (QED) is 0.822. The van der Waals surface area contributed by atoms with Crippen LogP contribution in [-0.2, 0) is 0 Å². The molecule has 96 valence electrons. The maximum Gasteiger partial charge on any atom is 0.0643 e. The zero-order chi connectivity index (χ0) is 13.1. The van der Waals surface area contributed by atoms with Crippen LogP contribution in [0.25, 0.3) is 0 Å². The van der Waals surface area contributed by atoms with Gasteiger partial charge in [-0.25, -0.2) is 0 Å². The Kier molecular flexibility index (Phi) is 4.11. The van der Waals surface area contributed by atoms with Crippen molar-refractivity contribution in [2.45, 2.75) is 19.4 Å². The molecule has 0 N–H and O–H groups in total. The van der Waals surface area contributed by atoms with Gasteiger partial charge in [-0.2, -0.15) is 5.26 Å². The smallest absolute Gasteiger partial charge is 0.0643 e. The van der Waals surface area contributed by atoms with Gasteiger partial charge in [0.2, 0.25) is 0 Å². The van der Waals surface area contributed by atoms with Crippen LogP contribution in [0.1, 0.15) is 12.0 Å². The summed E-state index contributed by atoms with van der Waals surface area (Å²) in [6.45, 7) is 4.99. The molecule has 3 nitrogen and oxygen atoms in total. The molecule has 1 aromatic carbocycles. The molecular weight excluding hydrogens is 246 g/mol. The van der Waals surface area contributed by atoms with E-state index in [9.17, 15) is 0 Å². The molecule has 0 bridgehead atoms. The van der Waals surface area contributed by atoms with Gasteiger partial charge in [-0.1, -0.05) is 17.7 Å². The topological polar surface area (TPSA) is 30.3 Å². The Hall–Kier alpha value is -1.24. The van der Waals surface area contributed by atoms with Crippen LogP contribution in [0.15, 0.2) is 18.2 Å². The lowest BCUT2D eigenvalue weighted by Crippen LogP contribution is -2.52. The van der Waals surface area contributed by atoms with E-state index in [1.54, 1.807) is 0 Å². The fourth-order valence-electron chi connectivity index (χ4n) is 2.50. The van der Waals surface area contributed by atoms with Gasteiger partial charge in [-0.15, -0.1) is 0 Å². The van der Waals surface area contributed by atoms with E-state index in [0.717, 1.165) is 30.3 Å². The predicted octanol–water partition coefficient (Wildman–Crippen LogP) is 2.68. The van der Waals surface area contributed by atoms with Crippen molar-refractivity contribution in [2.75, 3.05) is 31.6 Å². The monoisotopic (exact) mass is 263 g/mol. The van der Waals surface area contributed by atoms with Crippen molar-refractivity contribution in [3.05, 3.63) is 28.8 Å². The first-order valence-corrected chi connectivity index (χ1v) is 6.58. The molecule has 1 atom stereocenters. The number of aryl methyl sites for hydroxylation is 1. The Morgan fingerprint density at radius 3 is 2.94 bits per heavy atom. The number of hydrogen-bond acceptors (Lipinski definition) is 3. The van der Waals surface area contributed by atoms with E-state index in [-0.39, 0.29) is 6.04 Å². The molecule has 4 heteroatoms. The minimum absolute atomic E-state index is 0.255. The standard InChI is InChI=1S/C14H18ClN3/c1-11-3-4-12(15)9-14(11)18-8-7-17(2)10-13(18)5-6-16/h3-4,9,13H,5,7-8,10H2,1-2H3. The Balaban J connectivity index is 2.29. The first-order chi connectivity index (χ1) is 8.61. The third-order valence-electron chi connectivity index (χ3n) is 3.49. The molecule has 1 unspecified atom stereocenters. The summed E-state index contributed by atoms with van der Waals surface area (Å²) >= 11 is 6.09. The second-order valence-corrected chi connectivity index (χ2v) is 5.34. The second kappa shape index (κ2) is 5.60. The van der Waals surface area contributed by atoms with Gasteiger partial charge in [-0.3, -0.25) is 0 Å². The van der Waals surface area contributed by atoms with E-state index in [1.807, 2.05) is 18.2 Å². The van der Waals surface area contributed by atoms with Crippen molar-refractivity contribution in [1.82, 2.24) is 4.90 Å². The van der Waals surface area contributed by atoms with E-state index < -0.39 is 0 Å². The van der Waals surface area contributed by atoms with Crippen molar-refractivity contribution in [2.24, 2.45) is 0 Å². The van der Waals surface area contributed by atoms with E-state index >= 15 is 0 Å². The first kappa shape index (κ1) is 13.2. The molecule has 1 heterocycles. The molecule has 1 aliphatic rings. The molecule has 0 amide bonds. The molecule has 1 fully saturated rings. The molecule has 1 aromatic rings. The van der Waals surface area contributed by atoms with Gasteiger partial charge in [0.05, 0.1) is 18.5 Å². The van der Waals surface area contributed by atoms with Crippen LogP contribution in [0.2, 0.25) is 5.02 Å². The fraction of sp³-hybridized carbons (Fsp3) is 0.500. The number of benzene rings is 1. The highest BCUT2D eigenvalue weighted by Crippen LogP contribution is 2.28. The number of nitriles is 1. The van der Waals surface area contributed by atoms with Crippen LogP contribution in [0.5, 0.6) is 0 Å². The van der Waals surface area contributed by atoms with Crippen molar-refractivity contribution < 1.29 is 0 Å². The van der Waals surface area contributed by atoms with Gasteiger partial charge in [0, 0.05) is 30.3 Å². The molecule has 18 heavy (non-hydrogen) atoms. The zero-order valence-corrected chi connectivity index (χ0v) is 11.6. The van der Waals surface area contributed by atoms with Crippen LogP contribution in [0.3, 0.4) is 0 Å². The van der Waals surface area contributed by atoms with Gasteiger partial charge in [-0.05, 0) is 31.7 Å². The average Bonchev–Trinajstić information content (AvgIpc) is 2.33. The summed E-state index contributed by atoms with van der Waals surface area (Å²) in [5.41, 5.74) is 2.38. The highest BCUT2D eigenvalue weighted by molar-refractivity contribution is 6.30. The molecule has 1 aliphatic heterocycles. The van der Waals surface area contributed by atoms with Crippen LogP contribution < -0.4 is 4.90 Å². The number of likely N-dealkylation sites (N-methyl/N-ethyl adjacent to an activating group) is 1. The number of piperazine rings is 1. The minimum atomic E-state index is 0.255. The number of hydrogen-bond donors (Lipinski definition) is 0. The molecule has 1 saturated heterocycles. The molecule has 0 aromatic heterocycles. The molecule has 2 rings (SSSR count). The fourth-order valence-corrected chi connectivity index (χ4v) is 2.67. The number of rotatable bonds is 2. The molecule has 0 spiro atoms. The van der Waals surface area contributed by atoms with Crippen molar-refractivity contribution >= 4 is 17.3 Å². The van der Waals surface area contributed by atoms with Crippen molar-refractivity contribution in [3.63, 3.8) is 0 Å². The average molecular weight is 264 g/mol. The molecule has 0 radical (unpaired) electrons. The Morgan fingerprint density at radius 1 is 1.44 bits per heavy atom. The Morgan fingerprint density at radius 2 is 2.22 bits per heavy atom. The van der Waals surface area contributed by atoms with Crippen LogP contribution in [-0.4, -0.2) is 37.6 Å². The summed E-state index contributed by atoms with van der Waals surface area (Å²) in [5.74, 6) is 0. The molecule has 0 saturated carbocycles. The van der Waals surface area contributed by atoms with Crippen molar-refractivity contribution in [1.29, 1.82) is 5.26 Å². The Labute approximate surface area is 114 Å². The number of nitrogens with zero attached hydrogens (tertiary/aromatic N) is 3. The SMILES string of the molecule is Cc1ccc(Cl)cc1N1CCN(C)CC1CC#N. The lowest BCUT2D eigenvalue weighted by atomic mass is 10.1. The number of anilines is 1. The van der Waals surface area contributed by atoms with Crippen LogP contribution >= 0.6 is 11.6 Å². The molecular formula is C14H18ClN3. The van der Waals surface area contributed by atoms with Crippen LogP contribution in [0.4, 0.5) is 5.69 Å². The predicted molar refractivity (Wildman–Crippen MR) is 75.1 cm³/mol. The van der Waals surface area contributed by atoms with E-state index in [4.69, 9.17) is 16.9 Å². The third-order valence-corrected chi connectivity index (χ3v) is 3.73. The summed E-state index contributed by atoms with van der Waals surface area (Å²) in [6.07, 6.45) is 0.552. The Bertz CT molecular complexity index is 467. The summed E-state index contributed by atoms with van der Waals surface area (Å²) in [6, 6.07) is 8.51. The second-order valence-electron chi connectivity index (χ2n) is 4.90. The third kappa shape index (κ3) is 2.77. The largest absolute Gasteiger partial charge is 0.365 e. The lowest BCUT2D eigenvalue weighted by molar-refractivity contribution is 0.268. The van der Waals surface area contributed by atoms with Gasteiger partial charge >= 0.3 is 0 Å². The minimum Gasteiger partial charge on any atom is -0.365 e. The van der Waals surface area contributed by atoms with Crippen LogP contribution in [0, 0.1) is 18.3 Å². The van der Waals surface area contributed by atoms with Gasteiger partial charge in [0.1, 0.15) is 0 Å². The lowest BCUT2D eigenvalue weighted by Gasteiger charge is -2.41. The first-order valence-electron chi connectivity index (χ1n) is 6.20. The van der Waals surface area contributed by atoms with Gasteiger partial charge in [0.15, 0.2) is 0 Å². The summed E-state index contributed by atoms with van der Waals surface area (Å²) in [7, 11) is 2.10. The zero-order valence-electron chi connectivity index (χ0n) is 10.9. The van der Waals surface area contributed by atoms with Gasteiger partial charge < -0.3 is 9.80 Å². The maximum absolute atomic E-state index is 8.97. The van der Waals surface area contributed by atoms with E-state index in [1.165, 1.54) is 5.56 Å². The number of halogens is 1. The highest BCUT2D eigenvalue weighted by Gasteiger charge is 2.26. The maximum atomic E-state index is 8.97. The summed E-state index contributed by atoms with van der Waals surface area (Å²) in [4.78, 5) is 4.60. The normalized spacial score (nSPS) is 20.8. The van der Waals surface area contributed by atoms with Crippen molar-refractivity contribution in [3.8, 4) is 6.07 Å². The molecule has 0 aliphatic carbocycles. The van der Waals surface area contributed by atoms with E-state index in [0.29, 0.717) is 6.42 Å². The van der Waals surface area contributed by atoms with E-state index in [2.05, 4.69) is 29.8 Å².